The van der Waals surface area contributed by atoms with Crippen molar-refractivity contribution in [2.24, 2.45) is 0 Å². The molecule has 1 saturated heterocycles. The maximum atomic E-state index is 14.0. The van der Waals surface area contributed by atoms with E-state index in [1.165, 1.54) is 30.9 Å². The van der Waals surface area contributed by atoms with Crippen molar-refractivity contribution in [3.8, 4) is 5.75 Å². The average Bonchev–Trinajstić information content (AvgIpc) is 2.84. The number of nitrogens with zero attached hydrogens (tertiary/aromatic N) is 3. The zero-order chi connectivity index (χ0) is 32.5. The van der Waals surface area contributed by atoms with Gasteiger partial charge in [-0.05, 0) is 67.4 Å². The molecule has 2 heterocycles. The summed E-state index contributed by atoms with van der Waals surface area (Å²) in [6.45, 7) is 12.4. The van der Waals surface area contributed by atoms with Crippen molar-refractivity contribution >= 4 is 41.1 Å². The van der Waals surface area contributed by atoms with Gasteiger partial charge < -0.3 is 29.5 Å². The van der Waals surface area contributed by atoms with E-state index in [0.29, 0.717) is 19.4 Å². The zero-order valence-corrected chi connectivity index (χ0v) is 26.3. The molecule has 0 aromatic heterocycles. The molecular weight excluding hydrogens is 593 g/mol. The largest absolute Gasteiger partial charge is 0.476 e. The van der Waals surface area contributed by atoms with Gasteiger partial charge in [-0.15, -0.1) is 0 Å². The predicted molar refractivity (Wildman–Crippen MR) is 154 cm³/mol. The van der Waals surface area contributed by atoms with Crippen LogP contribution in [0.25, 0.3) is 0 Å². The van der Waals surface area contributed by atoms with E-state index in [1.807, 2.05) is 13.8 Å². The van der Waals surface area contributed by atoms with Gasteiger partial charge in [-0.25, -0.2) is 4.79 Å². The number of likely N-dealkylation sites (tertiary alicyclic amines) is 1. The number of hydrogen-bond acceptors (Lipinski definition) is 6. The van der Waals surface area contributed by atoms with Crippen LogP contribution in [0.2, 0.25) is 5.02 Å². The van der Waals surface area contributed by atoms with Crippen LogP contribution in [0.4, 0.5) is 23.7 Å². The lowest BCUT2D eigenvalue weighted by atomic mass is 9.99. The van der Waals surface area contributed by atoms with Gasteiger partial charge in [0.1, 0.15) is 17.8 Å². The summed E-state index contributed by atoms with van der Waals surface area (Å²) in [7, 11) is 0. The van der Waals surface area contributed by atoms with E-state index in [2.05, 4.69) is 5.32 Å². The molecular formula is C29H40ClF3N4O6. The number of piperidine rings is 1. The molecule has 2 aliphatic rings. The first-order valence-corrected chi connectivity index (χ1v) is 14.6. The highest BCUT2D eigenvalue weighted by atomic mass is 35.5. The van der Waals surface area contributed by atoms with Gasteiger partial charge in [-0.1, -0.05) is 11.6 Å². The summed E-state index contributed by atoms with van der Waals surface area (Å²) in [5.74, 6) is -1.95. The number of hydrogen-bond donors (Lipinski definition) is 1. The molecule has 0 radical (unpaired) electrons. The fourth-order valence-corrected chi connectivity index (χ4v) is 5.40. The molecule has 1 fully saturated rings. The van der Waals surface area contributed by atoms with Crippen molar-refractivity contribution < 1.29 is 41.8 Å². The normalized spacial score (nSPS) is 18.6. The van der Waals surface area contributed by atoms with Gasteiger partial charge in [0.15, 0.2) is 5.60 Å². The third-order valence-electron chi connectivity index (χ3n) is 6.95. The summed E-state index contributed by atoms with van der Waals surface area (Å²) in [5, 5.41) is 2.26. The number of fused-ring (bicyclic) bond motifs is 1. The zero-order valence-electron chi connectivity index (χ0n) is 25.6. The second-order valence-corrected chi connectivity index (χ2v) is 12.9. The van der Waals surface area contributed by atoms with Crippen LogP contribution in [-0.2, 0) is 14.3 Å². The van der Waals surface area contributed by atoms with Crippen LogP contribution in [0.5, 0.6) is 5.75 Å². The first kappa shape index (κ1) is 34.3. The van der Waals surface area contributed by atoms with Crippen molar-refractivity contribution in [3.05, 3.63) is 22.7 Å². The molecule has 0 saturated carbocycles. The Hall–Kier alpha value is -3.22. The Labute approximate surface area is 254 Å². The van der Waals surface area contributed by atoms with Crippen LogP contribution in [0.15, 0.2) is 12.1 Å². The van der Waals surface area contributed by atoms with Crippen molar-refractivity contribution in [2.45, 2.75) is 97.2 Å². The van der Waals surface area contributed by atoms with Crippen molar-refractivity contribution in [1.29, 1.82) is 0 Å². The molecule has 240 valence electrons. The smallest absolute Gasteiger partial charge is 0.410 e. The van der Waals surface area contributed by atoms with E-state index in [9.17, 15) is 32.3 Å². The summed E-state index contributed by atoms with van der Waals surface area (Å²) in [5.41, 5.74) is -1.72. The van der Waals surface area contributed by atoms with Crippen molar-refractivity contribution in [2.75, 3.05) is 31.1 Å². The first-order valence-electron chi connectivity index (χ1n) is 14.2. The molecule has 1 atom stereocenters. The highest BCUT2D eigenvalue weighted by Crippen LogP contribution is 2.41. The van der Waals surface area contributed by atoms with Crippen LogP contribution < -0.4 is 15.0 Å². The molecule has 3 rings (SSSR count). The molecule has 0 bridgehead atoms. The molecule has 1 N–H and O–H groups in total. The second-order valence-electron chi connectivity index (χ2n) is 12.5. The van der Waals surface area contributed by atoms with E-state index in [4.69, 9.17) is 21.1 Å². The third kappa shape index (κ3) is 8.67. The fourth-order valence-electron chi connectivity index (χ4n) is 5.16. The standard InChI is InChI=1S/C29H40ClF3N4O6/c1-17(2)37(18-9-8-11-35(16-18)26(41)43-27(3,4)5)24(39)19-13-21-22(14-20(19)30)42-28(6,7)25(40)36(21)12-10-34-23(38)15-29(31,32)33/h13-14,17-18H,8-12,15-16H2,1-7H3,(H,34,38). The number of carbonyl (C=O) groups excluding carboxylic acids is 4. The molecule has 1 aromatic carbocycles. The molecule has 2 aliphatic heterocycles. The van der Waals surface area contributed by atoms with E-state index >= 15 is 0 Å². The Morgan fingerprint density at radius 3 is 2.44 bits per heavy atom. The van der Waals surface area contributed by atoms with E-state index < -0.39 is 47.6 Å². The topological polar surface area (TPSA) is 108 Å². The average molecular weight is 633 g/mol. The quantitative estimate of drug-likeness (QED) is 0.445. The molecule has 1 unspecified atom stereocenters. The van der Waals surface area contributed by atoms with Crippen LogP contribution in [0.3, 0.4) is 0 Å². The Bertz CT molecular complexity index is 1250. The predicted octanol–water partition coefficient (Wildman–Crippen LogP) is 5.16. The number of halogens is 4. The Kier molecular flexibility index (Phi) is 10.2. The minimum absolute atomic E-state index is 0.0813. The SMILES string of the molecule is CC(C)N(C(=O)c1cc2c(cc1Cl)OC(C)(C)C(=O)N2CCNC(=O)CC(F)(F)F)C1CCCN(C(=O)OC(C)(C)C)C1. The van der Waals surface area contributed by atoms with E-state index in [1.54, 1.807) is 30.6 Å². The lowest BCUT2D eigenvalue weighted by Gasteiger charge is -2.42. The second kappa shape index (κ2) is 12.8. The number of ether oxygens (including phenoxy) is 2. The van der Waals surface area contributed by atoms with Crippen LogP contribution in [0.1, 0.15) is 78.1 Å². The molecule has 1 aromatic rings. The molecule has 43 heavy (non-hydrogen) atoms. The molecule has 14 heteroatoms. The lowest BCUT2D eigenvalue weighted by Crippen LogP contribution is -2.55. The summed E-state index contributed by atoms with van der Waals surface area (Å²) >= 11 is 6.60. The highest BCUT2D eigenvalue weighted by Gasteiger charge is 2.42. The fraction of sp³-hybridized carbons (Fsp3) is 0.655. The maximum Gasteiger partial charge on any atom is 0.410 e. The third-order valence-corrected chi connectivity index (χ3v) is 7.26. The maximum absolute atomic E-state index is 14.0. The number of alkyl halides is 3. The highest BCUT2D eigenvalue weighted by molar-refractivity contribution is 6.34. The van der Waals surface area contributed by atoms with Crippen LogP contribution >= 0.6 is 11.6 Å². The van der Waals surface area contributed by atoms with Crippen LogP contribution in [-0.4, -0.2) is 89.3 Å². The van der Waals surface area contributed by atoms with E-state index in [0.717, 1.165) is 0 Å². The number of anilines is 1. The molecule has 4 amide bonds. The first-order chi connectivity index (χ1) is 19.7. The number of rotatable bonds is 7. The van der Waals surface area contributed by atoms with Gasteiger partial charge in [0.25, 0.3) is 11.8 Å². The van der Waals surface area contributed by atoms with Gasteiger partial charge in [0, 0.05) is 38.3 Å². The number of benzene rings is 1. The monoisotopic (exact) mass is 632 g/mol. The van der Waals surface area contributed by atoms with E-state index in [-0.39, 0.29) is 53.7 Å². The number of carbonyl (C=O) groups is 4. The van der Waals surface area contributed by atoms with Gasteiger partial charge in [0.2, 0.25) is 5.91 Å². The van der Waals surface area contributed by atoms with Gasteiger partial charge in [0.05, 0.1) is 22.3 Å². The number of amides is 4. The molecule has 0 spiro atoms. The summed E-state index contributed by atoms with van der Waals surface area (Å²) in [6, 6.07) is 2.24. The summed E-state index contributed by atoms with van der Waals surface area (Å²) in [4.78, 5) is 56.3. The summed E-state index contributed by atoms with van der Waals surface area (Å²) < 4.78 is 49.1. The summed E-state index contributed by atoms with van der Waals surface area (Å²) in [6.07, 6.45) is -5.46. The lowest BCUT2D eigenvalue weighted by molar-refractivity contribution is -0.153. The number of nitrogens with one attached hydrogen (secondary N) is 1. The van der Waals surface area contributed by atoms with Crippen molar-refractivity contribution in [1.82, 2.24) is 15.1 Å². The minimum atomic E-state index is -4.66. The minimum Gasteiger partial charge on any atom is -0.476 e. The van der Waals surface area contributed by atoms with Gasteiger partial charge in [-0.3, -0.25) is 14.4 Å². The Morgan fingerprint density at radius 2 is 1.86 bits per heavy atom. The van der Waals surface area contributed by atoms with Gasteiger partial charge in [-0.2, -0.15) is 13.2 Å². The van der Waals surface area contributed by atoms with Crippen molar-refractivity contribution in [3.63, 3.8) is 0 Å². The van der Waals surface area contributed by atoms with Crippen LogP contribution in [0, 0.1) is 0 Å². The Balaban J connectivity index is 1.89. The Morgan fingerprint density at radius 1 is 1.21 bits per heavy atom. The molecule has 10 nitrogen and oxygen atoms in total. The molecule has 0 aliphatic carbocycles. The van der Waals surface area contributed by atoms with Gasteiger partial charge >= 0.3 is 12.3 Å².